The highest BCUT2D eigenvalue weighted by Crippen LogP contribution is 2.12. The summed E-state index contributed by atoms with van der Waals surface area (Å²) in [5.74, 6) is -0.0507. The number of carbonyl (C=O) groups is 2. The predicted molar refractivity (Wildman–Crippen MR) is 75.6 cm³/mol. The Bertz CT molecular complexity index is 494. The lowest BCUT2D eigenvalue weighted by Gasteiger charge is -2.31. The van der Waals surface area contributed by atoms with Crippen molar-refractivity contribution in [2.24, 2.45) is 0 Å². The van der Waals surface area contributed by atoms with E-state index in [-0.39, 0.29) is 18.0 Å². The Kier molecular flexibility index (Phi) is 4.61. The second-order valence-electron chi connectivity index (χ2n) is 5.07. The van der Waals surface area contributed by atoms with Crippen LogP contribution in [0.15, 0.2) is 24.3 Å². The van der Waals surface area contributed by atoms with Gasteiger partial charge in [0.15, 0.2) is 0 Å². The number of carbonyl (C=O) groups excluding carboxylic acids is 2. The fraction of sp³-hybridized carbons (Fsp3) is 0.467. The molecule has 5 heteroatoms. The maximum Gasteiger partial charge on any atom is 0.409 e. The van der Waals surface area contributed by atoms with E-state index in [1.807, 2.05) is 31.2 Å². The summed E-state index contributed by atoms with van der Waals surface area (Å²) in [5.41, 5.74) is 1.75. The molecule has 5 nitrogen and oxygen atoms in total. The lowest BCUT2D eigenvalue weighted by atomic mass is 10.0. The molecule has 0 radical (unpaired) electrons. The van der Waals surface area contributed by atoms with Gasteiger partial charge >= 0.3 is 6.09 Å². The molecule has 1 aromatic rings. The van der Waals surface area contributed by atoms with E-state index in [2.05, 4.69) is 10.1 Å². The Morgan fingerprint density at radius 3 is 2.60 bits per heavy atom. The molecule has 0 aliphatic carbocycles. The number of benzene rings is 1. The highest BCUT2D eigenvalue weighted by molar-refractivity contribution is 5.94. The summed E-state index contributed by atoms with van der Waals surface area (Å²) in [5, 5.41) is 3.02. The number of nitrogens with one attached hydrogen (secondary N) is 1. The summed E-state index contributed by atoms with van der Waals surface area (Å²) in [6.07, 6.45) is 1.22. The first-order chi connectivity index (χ1) is 9.60. The fourth-order valence-electron chi connectivity index (χ4n) is 2.39. The summed E-state index contributed by atoms with van der Waals surface area (Å²) in [7, 11) is 1.38. The fourth-order valence-corrected chi connectivity index (χ4v) is 2.39. The average molecular weight is 276 g/mol. The summed E-state index contributed by atoms with van der Waals surface area (Å²) >= 11 is 0. The molecule has 1 aromatic carbocycles. The van der Waals surface area contributed by atoms with Crippen molar-refractivity contribution in [2.45, 2.75) is 25.8 Å². The third-order valence-corrected chi connectivity index (χ3v) is 3.54. The number of aryl methyl sites for hydroxylation is 1. The molecule has 1 saturated heterocycles. The highest BCUT2D eigenvalue weighted by Gasteiger charge is 2.24. The van der Waals surface area contributed by atoms with Gasteiger partial charge in [-0.05, 0) is 31.9 Å². The van der Waals surface area contributed by atoms with E-state index < -0.39 is 0 Å². The standard InChI is InChI=1S/C15H20N2O3/c1-11-4-3-5-12(10-11)14(18)16-13-6-8-17(9-7-13)15(19)20-2/h3-5,10,13H,6-9H2,1-2H3,(H,16,18). The van der Waals surface area contributed by atoms with Gasteiger partial charge in [-0.25, -0.2) is 4.79 Å². The van der Waals surface area contributed by atoms with E-state index >= 15 is 0 Å². The third kappa shape index (κ3) is 3.50. The minimum atomic E-state index is -0.298. The SMILES string of the molecule is COC(=O)N1CCC(NC(=O)c2cccc(C)c2)CC1. The van der Waals surface area contributed by atoms with Crippen LogP contribution in [-0.4, -0.2) is 43.1 Å². The molecule has 0 aromatic heterocycles. The third-order valence-electron chi connectivity index (χ3n) is 3.54. The molecule has 1 N–H and O–H groups in total. The van der Waals surface area contributed by atoms with Crippen LogP contribution in [0, 0.1) is 6.92 Å². The van der Waals surface area contributed by atoms with Gasteiger partial charge in [0, 0.05) is 24.7 Å². The van der Waals surface area contributed by atoms with Gasteiger partial charge in [0.25, 0.3) is 5.91 Å². The van der Waals surface area contributed by atoms with Crippen molar-refractivity contribution < 1.29 is 14.3 Å². The first-order valence-corrected chi connectivity index (χ1v) is 6.80. The Morgan fingerprint density at radius 2 is 2.00 bits per heavy atom. The molecule has 1 aliphatic rings. The number of piperidine rings is 1. The second kappa shape index (κ2) is 6.41. The van der Waals surface area contributed by atoms with E-state index in [1.54, 1.807) is 4.90 Å². The molecule has 1 fully saturated rings. The molecule has 0 spiro atoms. The number of amides is 2. The van der Waals surface area contributed by atoms with Crippen molar-refractivity contribution >= 4 is 12.0 Å². The lowest BCUT2D eigenvalue weighted by molar-refractivity contribution is 0.0892. The van der Waals surface area contributed by atoms with Crippen LogP contribution in [-0.2, 0) is 4.74 Å². The lowest BCUT2D eigenvalue weighted by Crippen LogP contribution is -2.46. The van der Waals surface area contributed by atoms with Crippen LogP contribution in [0.3, 0.4) is 0 Å². The minimum absolute atomic E-state index is 0.0507. The summed E-state index contributed by atoms with van der Waals surface area (Å²) in [6, 6.07) is 7.64. The van der Waals surface area contributed by atoms with Gasteiger partial charge in [-0.3, -0.25) is 4.79 Å². The number of likely N-dealkylation sites (tertiary alicyclic amines) is 1. The maximum absolute atomic E-state index is 12.1. The van der Waals surface area contributed by atoms with Crippen LogP contribution in [0.2, 0.25) is 0 Å². The van der Waals surface area contributed by atoms with Crippen LogP contribution in [0.4, 0.5) is 4.79 Å². The number of hydrogen-bond donors (Lipinski definition) is 1. The number of ether oxygens (including phenoxy) is 1. The van der Waals surface area contributed by atoms with Crippen molar-refractivity contribution in [3.05, 3.63) is 35.4 Å². The monoisotopic (exact) mass is 276 g/mol. The zero-order chi connectivity index (χ0) is 14.5. The number of rotatable bonds is 2. The molecule has 108 valence electrons. The molecular formula is C15H20N2O3. The molecule has 0 saturated carbocycles. The molecule has 2 rings (SSSR count). The Labute approximate surface area is 118 Å². The largest absolute Gasteiger partial charge is 0.453 e. The van der Waals surface area contributed by atoms with E-state index in [4.69, 9.17) is 0 Å². The first kappa shape index (κ1) is 14.4. The second-order valence-corrected chi connectivity index (χ2v) is 5.07. The Morgan fingerprint density at radius 1 is 1.30 bits per heavy atom. The first-order valence-electron chi connectivity index (χ1n) is 6.80. The molecule has 0 atom stereocenters. The number of methoxy groups -OCH3 is 1. The summed E-state index contributed by atoms with van der Waals surface area (Å²) in [6.45, 7) is 3.20. The van der Waals surface area contributed by atoms with E-state index in [0.717, 1.165) is 18.4 Å². The maximum atomic E-state index is 12.1. The molecule has 0 unspecified atom stereocenters. The van der Waals surface area contributed by atoms with Gasteiger partial charge in [0.1, 0.15) is 0 Å². The van der Waals surface area contributed by atoms with Crippen molar-refractivity contribution in [1.29, 1.82) is 0 Å². The Hall–Kier alpha value is -2.04. The van der Waals surface area contributed by atoms with Crippen LogP contribution < -0.4 is 5.32 Å². The van der Waals surface area contributed by atoms with Gasteiger partial charge < -0.3 is 15.0 Å². The summed E-state index contributed by atoms with van der Waals surface area (Å²) < 4.78 is 4.69. The molecular weight excluding hydrogens is 256 g/mol. The Balaban J connectivity index is 1.86. The topological polar surface area (TPSA) is 58.6 Å². The van der Waals surface area contributed by atoms with Crippen LogP contribution in [0.25, 0.3) is 0 Å². The van der Waals surface area contributed by atoms with E-state index in [9.17, 15) is 9.59 Å². The quantitative estimate of drug-likeness (QED) is 0.898. The molecule has 0 bridgehead atoms. The van der Waals surface area contributed by atoms with Crippen LogP contribution in [0.1, 0.15) is 28.8 Å². The average Bonchev–Trinajstić information content (AvgIpc) is 2.47. The normalized spacial score (nSPS) is 15.8. The molecule has 20 heavy (non-hydrogen) atoms. The molecule has 1 aliphatic heterocycles. The zero-order valence-electron chi connectivity index (χ0n) is 11.9. The van der Waals surface area contributed by atoms with E-state index in [1.165, 1.54) is 7.11 Å². The predicted octanol–water partition coefficient (Wildman–Crippen LogP) is 1.96. The smallest absolute Gasteiger partial charge is 0.409 e. The molecule has 2 amide bonds. The van der Waals surface area contributed by atoms with Crippen LogP contribution in [0.5, 0.6) is 0 Å². The molecule has 1 heterocycles. The van der Waals surface area contributed by atoms with Gasteiger partial charge in [-0.1, -0.05) is 17.7 Å². The number of nitrogens with zero attached hydrogens (tertiary/aromatic N) is 1. The van der Waals surface area contributed by atoms with Crippen molar-refractivity contribution in [3.8, 4) is 0 Å². The van der Waals surface area contributed by atoms with Crippen molar-refractivity contribution in [3.63, 3.8) is 0 Å². The van der Waals surface area contributed by atoms with Crippen molar-refractivity contribution in [2.75, 3.05) is 20.2 Å². The summed E-state index contributed by atoms with van der Waals surface area (Å²) in [4.78, 5) is 25.2. The zero-order valence-corrected chi connectivity index (χ0v) is 11.9. The van der Waals surface area contributed by atoms with Crippen molar-refractivity contribution in [1.82, 2.24) is 10.2 Å². The van der Waals surface area contributed by atoms with Gasteiger partial charge in [-0.2, -0.15) is 0 Å². The number of hydrogen-bond acceptors (Lipinski definition) is 3. The van der Waals surface area contributed by atoms with Gasteiger partial charge in [0.2, 0.25) is 0 Å². The van der Waals surface area contributed by atoms with Crippen LogP contribution >= 0.6 is 0 Å². The van der Waals surface area contributed by atoms with Gasteiger partial charge in [-0.15, -0.1) is 0 Å². The van der Waals surface area contributed by atoms with E-state index in [0.29, 0.717) is 18.7 Å². The minimum Gasteiger partial charge on any atom is -0.453 e. The van der Waals surface area contributed by atoms with Gasteiger partial charge in [0.05, 0.1) is 7.11 Å². The highest BCUT2D eigenvalue weighted by atomic mass is 16.5.